The molecule has 2 aromatic rings. The van der Waals surface area contributed by atoms with Crippen molar-refractivity contribution in [1.82, 2.24) is 0 Å². The van der Waals surface area contributed by atoms with Gasteiger partial charge in [0.2, 0.25) is 0 Å². The van der Waals surface area contributed by atoms with Gasteiger partial charge < -0.3 is 15.9 Å². The fraction of sp³-hybridized carbons (Fsp3) is 0.222. The third-order valence-electron chi connectivity index (χ3n) is 3.28. The van der Waals surface area contributed by atoms with Crippen LogP contribution in [0.2, 0.25) is 0 Å². The Morgan fingerprint density at radius 1 is 1.13 bits per heavy atom. The van der Waals surface area contributed by atoms with Crippen LogP contribution in [0, 0.1) is 0 Å². The van der Waals surface area contributed by atoms with E-state index in [1.54, 1.807) is 0 Å². The van der Waals surface area contributed by atoms with Crippen LogP contribution in [0.3, 0.4) is 0 Å². The van der Waals surface area contributed by atoms with Gasteiger partial charge in [-0.3, -0.25) is 4.79 Å². The van der Waals surface area contributed by atoms with Crippen molar-refractivity contribution >= 4 is 17.4 Å². The van der Waals surface area contributed by atoms with Crippen molar-refractivity contribution in [3.63, 3.8) is 0 Å². The average molecular weight is 311 g/mol. The zero-order chi connectivity index (χ0) is 16.7. The second-order valence-electron chi connectivity index (χ2n) is 5.41. The summed E-state index contributed by atoms with van der Waals surface area (Å²) in [6.07, 6.45) is 0. The van der Waals surface area contributed by atoms with Gasteiger partial charge in [0.15, 0.2) is 12.4 Å². The quantitative estimate of drug-likeness (QED) is 0.489. The summed E-state index contributed by atoms with van der Waals surface area (Å²) in [4.78, 5) is 17.0. The molecule has 1 amide bonds. The van der Waals surface area contributed by atoms with Gasteiger partial charge in [0, 0.05) is 11.3 Å². The number of nitrogens with one attached hydrogen (secondary N) is 1. The molecule has 0 unspecified atom stereocenters. The van der Waals surface area contributed by atoms with E-state index in [1.807, 2.05) is 54.6 Å². The first-order valence-electron chi connectivity index (χ1n) is 7.47. The lowest BCUT2D eigenvalue weighted by Gasteiger charge is -2.13. The predicted octanol–water partition coefficient (Wildman–Crippen LogP) is 3.09. The number of amidine groups is 1. The largest absolute Gasteiger partial charge is 0.384 e. The Hall–Kier alpha value is -2.82. The Labute approximate surface area is 136 Å². The average Bonchev–Trinajstić information content (AvgIpc) is 2.56. The molecule has 5 nitrogen and oxygen atoms in total. The maximum absolute atomic E-state index is 12.0. The fourth-order valence-electron chi connectivity index (χ4n) is 2.12. The van der Waals surface area contributed by atoms with Crippen molar-refractivity contribution in [3.8, 4) is 0 Å². The van der Waals surface area contributed by atoms with Crippen LogP contribution >= 0.6 is 0 Å². The second kappa shape index (κ2) is 7.98. The molecule has 0 saturated carbocycles. The summed E-state index contributed by atoms with van der Waals surface area (Å²) in [6, 6.07) is 16.9. The van der Waals surface area contributed by atoms with Gasteiger partial charge in [-0.05, 0) is 17.5 Å². The zero-order valence-electron chi connectivity index (χ0n) is 13.3. The summed E-state index contributed by atoms with van der Waals surface area (Å²) in [5, 5.41) is 6.60. The molecule has 0 bridgehead atoms. The Balaban J connectivity index is 1.91. The minimum atomic E-state index is -0.275. The van der Waals surface area contributed by atoms with E-state index in [1.165, 1.54) is 0 Å². The molecule has 0 aliphatic carbocycles. The minimum absolute atomic E-state index is 0.194. The molecule has 0 aromatic heterocycles. The van der Waals surface area contributed by atoms with Crippen molar-refractivity contribution in [3.05, 3.63) is 65.7 Å². The highest BCUT2D eigenvalue weighted by molar-refractivity contribution is 5.97. The maximum atomic E-state index is 12.0. The van der Waals surface area contributed by atoms with Gasteiger partial charge in [-0.15, -0.1) is 0 Å². The lowest BCUT2D eigenvalue weighted by molar-refractivity contribution is -0.120. The number of hydrogen-bond acceptors (Lipinski definition) is 3. The summed E-state index contributed by atoms with van der Waals surface area (Å²) >= 11 is 0. The second-order valence-corrected chi connectivity index (χ2v) is 5.41. The van der Waals surface area contributed by atoms with Crippen molar-refractivity contribution < 1.29 is 9.63 Å². The number of rotatable bonds is 6. The molecule has 0 atom stereocenters. The van der Waals surface area contributed by atoms with Crippen LogP contribution in [0.15, 0.2) is 59.8 Å². The van der Waals surface area contributed by atoms with Gasteiger partial charge in [-0.1, -0.05) is 67.5 Å². The number of carbonyl (C=O) groups excluding carboxylic acids is 1. The van der Waals surface area contributed by atoms with E-state index < -0.39 is 0 Å². The molecule has 2 rings (SSSR count). The number of benzene rings is 2. The summed E-state index contributed by atoms with van der Waals surface area (Å²) < 4.78 is 0. The number of nitrogens with zero attached hydrogens (tertiary/aromatic N) is 1. The third kappa shape index (κ3) is 4.85. The van der Waals surface area contributed by atoms with Gasteiger partial charge >= 0.3 is 0 Å². The molecule has 0 heterocycles. The van der Waals surface area contributed by atoms with Crippen molar-refractivity contribution in [2.75, 3.05) is 11.9 Å². The predicted molar refractivity (Wildman–Crippen MR) is 92.3 cm³/mol. The first-order chi connectivity index (χ1) is 11.1. The lowest BCUT2D eigenvalue weighted by atomic mass is 10.0. The molecular weight excluding hydrogens is 290 g/mol. The molecule has 0 radical (unpaired) electrons. The van der Waals surface area contributed by atoms with Crippen LogP contribution in [-0.4, -0.2) is 18.3 Å². The van der Waals surface area contributed by atoms with Crippen LogP contribution < -0.4 is 11.1 Å². The number of amides is 1. The zero-order valence-corrected chi connectivity index (χ0v) is 13.3. The molecular formula is C18H21N3O2. The van der Waals surface area contributed by atoms with Gasteiger partial charge in [0.1, 0.15) is 0 Å². The Morgan fingerprint density at radius 3 is 2.48 bits per heavy atom. The topological polar surface area (TPSA) is 76.7 Å². The summed E-state index contributed by atoms with van der Waals surface area (Å²) in [5.74, 6) is 0.280. The first-order valence-corrected chi connectivity index (χ1v) is 7.47. The maximum Gasteiger partial charge on any atom is 0.265 e. The lowest BCUT2D eigenvalue weighted by Crippen LogP contribution is -2.20. The van der Waals surface area contributed by atoms with Gasteiger partial charge in [-0.2, -0.15) is 0 Å². The fourth-order valence-corrected chi connectivity index (χ4v) is 2.12. The van der Waals surface area contributed by atoms with Crippen molar-refractivity contribution in [2.24, 2.45) is 10.9 Å². The number of nitrogens with two attached hydrogens (primary N) is 1. The monoisotopic (exact) mass is 311 g/mol. The molecule has 120 valence electrons. The molecule has 0 saturated heterocycles. The molecule has 3 N–H and O–H groups in total. The number of hydrogen-bond donors (Lipinski definition) is 2. The number of para-hydroxylation sites is 1. The summed E-state index contributed by atoms with van der Waals surface area (Å²) in [7, 11) is 0. The number of anilines is 1. The molecule has 0 aliphatic rings. The van der Waals surface area contributed by atoms with Crippen LogP contribution in [0.4, 0.5) is 5.69 Å². The van der Waals surface area contributed by atoms with Gasteiger partial charge in [-0.25, -0.2) is 0 Å². The number of carbonyl (C=O) groups is 1. The van der Waals surface area contributed by atoms with Crippen LogP contribution in [0.1, 0.15) is 30.9 Å². The highest BCUT2D eigenvalue weighted by atomic mass is 16.6. The summed E-state index contributed by atoms with van der Waals surface area (Å²) in [5.41, 5.74) is 8.40. The van der Waals surface area contributed by atoms with E-state index in [0.29, 0.717) is 5.92 Å². The van der Waals surface area contributed by atoms with Crippen molar-refractivity contribution in [1.29, 1.82) is 0 Å². The van der Waals surface area contributed by atoms with Crippen molar-refractivity contribution in [2.45, 2.75) is 19.8 Å². The van der Waals surface area contributed by atoms with Crippen LogP contribution in [0.25, 0.3) is 0 Å². The molecule has 0 fully saturated rings. The molecule has 5 heteroatoms. The van der Waals surface area contributed by atoms with E-state index in [0.717, 1.165) is 16.8 Å². The highest BCUT2D eigenvalue weighted by Crippen LogP contribution is 2.23. The van der Waals surface area contributed by atoms with E-state index >= 15 is 0 Å². The normalized spacial score (nSPS) is 11.3. The third-order valence-corrected chi connectivity index (χ3v) is 3.28. The molecule has 0 spiro atoms. The van der Waals surface area contributed by atoms with Crippen LogP contribution in [-0.2, 0) is 9.63 Å². The van der Waals surface area contributed by atoms with Gasteiger partial charge in [0.25, 0.3) is 5.91 Å². The van der Waals surface area contributed by atoms with E-state index in [-0.39, 0.29) is 18.3 Å². The molecule has 23 heavy (non-hydrogen) atoms. The standard InChI is InChI=1S/C18H21N3O2/c1-13(2)15-10-6-7-11-16(15)20-17(22)12-23-21-18(19)14-8-4-3-5-9-14/h3-11,13H,12H2,1-2H3,(H2,19,21)(H,20,22). The highest BCUT2D eigenvalue weighted by Gasteiger charge is 2.09. The Kier molecular flexibility index (Phi) is 5.74. The minimum Gasteiger partial charge on any atom is -0.384 e. The first kappa shape index (κ1) is 16.5. The smallest absolute Gasteiger partial charge is 0.265 e. The summed E-state index contributed by atoms with van der Waals surface area (Å²) in [6.45, 7) is 3.96. The Morgan fingerprint density at radius 2 is 1.78 bits per heavy atom. The van der Waals surface area contributed by atoms with Crippen LogP contribution in [0.5, 0.6) is 0 Å². The van der Waals surface area contributed by atoms with E-state index in [9.17, 15) is 4.79 Å². The van der Waals surface area contributed by atoms with E-state index in [2.05, 4.69) is 24.3 Å². The SMILES string of the molecule is CC(C)c1ccccc1NC(=O)CO/N=C(/N)c1ccccc1. The van der Waals surface area contributed by atoms with Gasteiger partial charge in [0.05, 0.1) is 0 Å². The Bertz CT molecular complexity index is 682. The van der Waals surface area contributed by atoms with E-state index in [4.69, 9.17) is 10.6 Å². The molecule has 2 aromatic carbocycles. The molecule has 0 aliphatic heterocycles. The number of oxime groups is 1.